The Kier molecular flexibility index (Phi) is 4.78. The number of halogens is 1. The van der Waals surface area contributed by atoms with E-state index in [1.165, 1.54) is 12.1 Å². The van der Waals surface area contributed by atoms with Gasteiger partial charge in [-0.05, 0) is 37.1 Å². The van der Waals surface area contributed by atoms with Crippen molar-refractivity contribution in [2.45, 2.75) is 19.4 Å². The van der Waals surface area contributed by atoms with Gasteiger partial charge in [0.05, 0.1) is 0 Å². The monoisotopic (exact) mass is 257 g/mol. The highest BCUT2D eigenvalue weighted by Gasteiger charge is 2.20. The van der Waals surface area contributed by atoms with Gasteiger partial charge in [0.1, 0.15) is 6.04 Å². The van der Waals surface area contributed by atoms with E-state index in [0.717, 1.165) is 0 Å². The molecule has 1 unspecified atom stereocenters. The van der Waals surface area contributed by atoms with Gasteiger partial charge in [0.2, 0.25) is 0 Å². The van der Waals surface area contributed by atoms with E-state index in [2.05, 4.69) is 5.32 Å². The van der Waals surface area contributed by atoms with Crippen LogP contribution in [0.3, 0.4) is 0 Å². The van der Waals surface area contributed by atoms with E-state index in [4.69, 9.17) is 21.1 Å². The van der Waals surface area contributed by atoms with Gasteiger partial charge in [0.15, 0.2) is 11.0 Å². The van der Waals surface area contributed by atoms with Gasteiger partial charge in [-0.15, -0.1) is 0 Å². The summed E-state index contributed by atoms with van der Waals surface area (Å²) in [7, 11) is 0. The summed E-state index contributed by atoms with van der Waals surface area (Å²) in [6, 6.07) is 1.81. The summed E-state index contributed by atoms with van der Waals surface area (Å²) in [5, 5.41) is 11.3. The lowest BCUT2D eigenvalue weighted by atomic mass is 10.2. The zero-order valence-corrected chi connectivity index (χ0v) is 9.90. The number of carbonyl (C=O) groups is 2. The summed E-state index contributed by atoms with van der Waals surface area (Å²) < 4.78 is 4.87. The zero-order chi connectivity index (χ0) is 12.8. The van der Waals surface area contributed by atoms with E-state index in [-0.39, 0.29) is 17.4 Å². The van der Waals surface area contributed by atoms with Gasteiger partial charge in [0, 0.05) is 0 Å². The van der Waals surface area contributed by atoms with Crippen LogP contribution in [0.4, 0.5) is 0 Å². The summed E-state index contributed by atoms with van der Waals surface area (Å²) in [4.78, 5) is 22.5. The van der Waals surface area contributed by atoms with Crippen LogP contribution in [0.15, 0.2) is 28.7 Å². The number of aliphatic carboxylic acids is 1. The molecule has 6 heteroatoms. The molecule has 1 heterocycles. The second-order valence-electron chi connectivity index (χ2n) is 3.27. The number of allylic oxidation sites excluding steroid dienone is 1. The van der Waals surface area contributed by atoms with Crippen LogP contribution in [0, 0.1) is 0 Å². The summed E-state index contributed by atoms with van der Waals surface area (Å²) in [6.07, 6.45) is 3.59. The lowest BCUT2D eigenvalue weighted by molar-refractivity contribution is -0.139. The Bertz CT molecular complexity index is 438. The van der Waals surface area contributed by atoms with E-state index in [0.29, 0.717) is 0 Å². The average Bonchev–Trinajstić information content (AvgIpc) is 2.70. The number of carboxylic acids is 1. The Balaban J connectivity index is 2.67. The first-order valence-electron chi connectivity index (χ1n) is 4.94. The SMILES string of the molecule is C/C=C/CC(NC(=O)c1ccc(Cl)o1)C(=O)O. The third-order valence-corrected chi connectivity index (χ3v) is 2.21. The molecule has 0 fully saturated rings. The van der Waals surface area contributed by atoms with Crippen molar-refractivity contribution in [1.82, 2.24) is 5.32 Å². The highest BCUT2D eigenvalue weighted by atomic mass is 35.5. The molecule has 1 amide bonds. The fraction of sp³-hybridized carbons (Fsp3) is 0.273. The second-order valence-corrected chi connectivity index (χ2v) is 3.65. The maximum Gasteiger partial charge on any atom is 0.326 e. The highest BCUT2D eigenvalue weighted by molar-refractivity contribution is 6.29. The van der Waals surface area contributed by atoms with Gasteiger partial charge in [-0.3, -0.25) is 4.79 Å². The first-order valence-corrected chi connectivity index (χ1v) is 5.32. The standard InChI is InChI=1S/C11H12ClNO4/c1-2-3-4-7(11(15)16)13-10(14)8-5-6-9(12)17-8/h2-3,5-7H,4H2,1H3,(H,13,14)(H,15,16)/b3-2+. The van der Waals surface area contributed by atoms with Crippen LogP contribution < -0.4 is 5.32 Å². The zero-order valence-electron chi connectivity index (χ0n) is 9.14. The van der Waals surface area contributed by atoms with Gasteiger partial charge < -0.3 is 14.8 Å². The van der Waals surface area contributed by atoms with E-state index in [1.54, 1.807) is 19.1 Å². The smallest absolute Gasteiger partial charge is 0.326 e. The minimum absolute atomic E-state index is 0.0123. The minimum atomic E-state index is -1.10. The van der Waals surface area contributed by atoms with Crippen LogP contribution in [-0.4, -0.2) is 23.0 Å². The number of carboxylic acid groups (broad SMARTS) is 1. The highest BCUT2D eigenvalue weighted by Crippen LogP contribution is 2.13. The van der Waals surface area contributed by atoms with Crippen LogP contribution >= 0.6 is 11.6 Å². The van der Waals surface area contributed by atoms with Crippen molar-refractivity contribution < 1.29 is 19.1 Å². The molecule has 5 nitrogen and oxygen atoms in total. The lowest BCUT2D eigenvalue weighted by Crippen LogP contribution is -2.40. The maximum atomic E-state index is 11.6. The Labute approximate surface area is 103 Å². The molecule has 1 atom stereocenters. The molecule has 0 radical (unpaired) electrons. The number of amides is 1. The number of rotatable bonds is 5. The van der Waals surface area contributed by atoms with Crippen molar-refractivity contribution in [2.24, 2.45) is 0 Å². The average molecular weight is 258 g/mol. The van der Waals surface area contributed by atoms with Gasteiger partial charge in [0.25, 0.3) is 5.91 Å². The first-order chi connectivity index (χ1) is 8.04. The van der Waals surface area contributed by atoms with Gasteiger partial charge in [-0.25, -0.2) is 4.79 Å². The van der Waals surface area contributed by atoms with Crippen LogP contribution in [0.2, 0.25) is 5.22 Å². The predicted molar refractivity (Wildman–Crippen MR) is 62.0 cm³/mol. The first kappa shape index (κ1) is 13.3. The fourth-order valence-electron chi connectivity index (χ4n) is 1.16. The maximum absolute atomic E-state index is 11.6. The van der Waals surface area contributed by atoms with Gasteiger partial charge in [-0.1, -0.05) is 12.2 Å². The number of furan rings is 1. The van der Waals surface area contributed by atoms with Crippen molar-refractivity contribution >= 4 is 23.5 Å². The summed E-state index contributed by atoms with van der Waals surface area (Å²) in [5.41, 5.74) is 0. The second kappa shape index (κ2) is 6.10. The molecule has 0 aliphatic carbocycles. The molecular formula is C11H12ClNO4. The van der Waals surface area contributed by atoms with Crippen LogP contribution in [-0.2, 0) is 4.79 Å². The lowest BCUT2D eigenvalue weighted by Gasteiger charge is -2.11. The number of hydrogen-bond donors (Lipinski definition) is 2. The van der Waals surface area contributed by atoms with E-state index >= 15 is 0 Å². The Morgan fingerprint density at radius 1 is 1.59 bits per heavy atom. The van der Waals surface area contributed by atoms with E-state index in [1.807, 2.05) is 0 Å². The molecule has 0 spiro atoms. The predicted octanol–water partition coefficient (Wildman–Crippen LogP) is 2.08. The molecule has 0 saturated carbocycles. The molecule has 92 valence electrons. The molecule has 0 aromatic carbocycles. The quantitative estimate of drug-likeness (QED) is 0.792. The van der Waals surface area contributed by atoms with Gasteiger partial charge >= 0.3 is 5.97 Å². The summed E-state index contributed by atoms with van der Waals surface area (Å²) in [6.45, 7) is 1.77. The molecule has 1 rings (SSSR count). The molecule has 1 aromatic rings. The molecule has 2 N–H and O–H groups in total. The van der Waals surface area contributed by atoms with Crippen molar-refractivity contribution in [3.05, 3.63) is 35.3 Å². The fourth-order valence-corrected chi connectivity index (χ4v) is 1.31. The largest absolute Gasteiger partial charge is 0.480 e. The molecule has 0 saturated heterocycles. The molecule has 0 bridgehead atoms. The third-order valence-electron chi connectivity index (χ3n) is 2.01. The molecule has 0 aliphatic rings. The molecule has 1 aromatic heterocycles. The Morgan fingerprint density at radius 2 is 2.29 bits per heavy atom. The van der Waals surface area contributed by atoms with Crippen LogP contribution in [0.25, 0.3) is 0 Å². The van der Waals surface area contributed by atoms with Crippen molar-refractivity contribution in [3.8, 4) is 0 Å². The molecule has 17 heavy (non-hydrogen) atoms. The normalized spacial score (nSPS) is 12.6. The number of hydrogen-bond acceptors (Lipinski definition) is 3. The summed E-state index contributed by atoms with van der Waals surface area (Å²) >= 11 is 5.51. The Hall–Kier alpha value is -1.75. The van der Waals surface area contributed by atoms with Crippen molar-refractivity contribution in [1.29, 1.82) is 0 Å². The van der Waals surface area contributed by atoms with Crippen LogP contribution in [0.1, 0.15) is 23.9 Å². The number of carbonyl (C=O) groups excluding carboxylic acids is 1. The number of nitrogens with one attached hydrogen (secondary N) is 1. The van der Waals surface area contributed by atoms with E-state index < -0.39 is 17.9 Å². The molecular weight excluding hydrogens is 246 g/mol. The van der Waals surface area contributed by atoms with Crippen LogP contribution in [0.5, 0.6) is 0 Å². The third kappa shape index (κ3) is 3.96. The topological polar surface area (TPSA) is 79.5 Å². The van der Waals surface area contributed by atoms with Crippen molar-refractivity contribution in [3.63, 3.8) is 0 Å². The molecule has 0 aliphatic heterocycles. The Morgan fingerprint density at radius 3 is 2.76 bits per heavy atom. The van der Waals surface area contributed by atoms with Gasteiger partial charge in [-0.2, -0.15) is 0 Å². The summed E-state index contributed by atoms with van der Waals surface area (Å²) in [5.74, 6) is -1.72. The minimum Gasteiger partial charge on any atom is -0.480 e. The van der Waals surface area contributed by atoms with E-state index in [9.17, 15) is 9.59 Å². The van der Waals surface area contributed by atoms with Crippen molar-refractivity contribution in [2.75, 3.05) is 0 Å².